The molecule has 0 spiro atoms. The molecule has 1 atom stereocenters. The third-order valence-corrected chi connectivity index (χ3v) is 3.18. The third-order valence-electron chi connectivity index (χ3n) is 3.18. The SMILES string of the molecule is CCCNC(C)c1oc2ccccc2c1CC. The summed E-state index contributed by atoms with van der Waals surface area (Å²) in [6, 6.07) is 8.58. The number of fused-ring (bicyclic) bond motifs is 1. The zero-order chi connectivity index (χ0) is 12.3. The number of nitrogens with one attached hydrogen (secondary N) is 1. The van der Waals surface area contributed by atoms with Crippen molar-refractivity contribution >= 4 is 11.0 Å². The molecule has 1 unspecified atom stereocenters. The summed E-state index contributed by atoms with van der Waals surface area (Å²) in [6.45, 7) is 7.57. The Hall–Kier alpha value is -1.28. The minimum absolute atomic E-state index is 0.289. The van der Waals surface area contributed by atoms with Gasteiger partial charge in [0.1, 0.15) is 11.3 Å². The lowest BCUT2D eigenvalue weighted by Gasteiger charge is -2.12. The molecule has 0 bridgehead atoms. The minimum atomic E-state index is 0.289. The van der Waals surface area contributed by atoms with Crippen molar-refractivity contribution in [2.75, 3.05) is 6.54 Å². The topological polar surface area (TPSA) is 25.2 Å². The summed E-state index contributed by atoms with van der Waals surface area (Å²) in [5.74, 6) is 1.10. The first-order chi connectivity index (χ1) is 8.27. The summed E-state index contributed by atoms with van der Waals surface area (Å²) in [6.07, 6.45) is 2.16. The van der Waals surface area contributed by atoms with E-state index in [9.17, 15) is 0 Å². The fourth-order valence-corrected chi connectivity index (χ4v) is 2.29. The number of furan rings is 1. The van der Waals surface area contributed by atoms with Crippen LogP contribution >= 0.6 is 0 Å². The first kappa shape index (κ1) is 12.2. The normalized spacial score (nSPS) is 13.1. The van der Waals surface area contributed by atoms with Crippen LogP contribution < -0.4 is 5.32 Å². The summed E-state index contributed by atoms with van der Waals surface area (Å²) >= 11 is 0. The first-order valence-corrected chi connectivity index (χ1v) is 6.51. The largest absolute Gasteiger partial charge is 0.459 e. The summed E-state index contributed by atoms with van der Waals surface area (Å²) in [5, 5.41) is 4.75. The van der Waals surface area contributed by atoms with Gasteiger partial charge >= 0.3 is 0 Å². The second-order valence-corrected chi connectivity index (χ2v) is 4.47. The van der Waals surface area contributed by atoms with Crippen LogP contribution in [0.15, 0.2) is 28.7 Å². The second-order valence-electron chi connectivity index (χ2n) is 4.47. The van der Waals surface area contributed by atoms with Crippen molar-refractivity contribution in [2.45, 2.75) is 39.7 Å². The van der Waals surface area contributed by atoms with Crippen LogP contribution in [0.5, 0.6) is 0 Å². The molecule has 1 aromatic heterocycles. The zero-order valence-electron chi connectivity index (χ0n) is 10.9. The molecule has 2 heteroatoms. The van der Waals surface area contributed by atoms with Gasteiger partial charge < -0.3 is 9.73 Å². The van der Waals surface area contributed by atoms with Crippen LogP contribution in [0, 0.1) is 0 Å². The molecule has 92 valence electrons. The third kappa shape index (κ3) is 2.37. The van der Waals surface area contributed by atoms with Crippen molar-refractivity contribution in [2.24, 2.45) is 0 Å². The molecule has 0 amide bonds. The maximum absolute atomic E-state index is 5.99. The molecule has 2 rings (SSSR count). The van der Waals surface area contributed by atoms with Crippen LogP contribution in [0.25, 0.3) is 11.0 Å². The fourth-order valence-electron chi connectivity index (χ4n) is 2.29. The maximum Gasteiger partial charge on any atom is 0.134 e. The molecule has 0 aliphatic rings. The maximum atomic E-state index is 5.99. The van der Waals surface area contributed by atoms with Crippen LogP contribution in [-0.4, -0.2) is 6.54 Å². The second kappa shape index (κ2) is 5.37. The average molecular weight is 231 g/mol. The molecule has 1 N–H and O–H groups in total. The molecule has 2 aromatic rings. The lowest BCUT2D eigenvalue weighted by Crippen LogP contribution is -2.19. The lowest BCUT2D eigenvalue weighted by molar-refractivity contribution is 0.447. The minimum Gasteiger partial charge on any atom is -0.459 e. The van der Waals surface area contributed by atoms with Gasteiger partial charge in [0.05, 0.1) is 6.04 Å². The van der Waals surface area contributed by atoms with Crippen molar-refractivity contribution in [3.8, 4) is 0 Å². The first-order valence-electron chi connectivity index (χ1n) is 6.51. The Balaban J connectivity index is 2.38. The van der Waals surface area contributed by atoms with Gasteiger partial charge in [0.25, 0.3) is 0 Å². The Bertz CT molecular complexity index is 487. The van der Waals surface area contributed by atoms with Crippen molar-refractivity contribution in [1.82, 2.24) is 5.32 Å². The van der Waals surface area contributed by atoms with Crippen molar-refractivity contribution in [1.29, 1.82) is 0 Å². The molecule has 0 aliphatic carbocycles. The standard InChI is InChI=1S/C15H21NO/c1-4-10-16-11(3)15-12(5-2)13-8-6-7-9-14(13)17-15/h6-9,11,16H,4-5,10H2,1-3H3. The summed E-state index contributed by atoms with van der Waals surface area (Å²) in [7, 11) is 0. The lowest BCUT2D eigenvalue weighted by atomic mass is 10.1. The number of benzene rings is 1. The van der Waals surface area contributed by atoms with Crippen molar-refractivity contribution in [3.05, 3.63) is 35.6 Å². The number of hydrogen-bond donors (Lipinski definition) is 1. The number of rotatable bonds is 5. The molecule has 0 fully saturated rings. The molecule has 0 saturated heterocycles. The van der Waals surface area contributed by atoms with Crippen molar-refractivity contribution in [3.63, 3.8) is 0 Å². The monoisotopic (exact) mass is 231 g/mol. The van der Waals surface area contributed by atoms with Crippen LogP contribution in [0.3, 0.4) is 0 Å². The van der Waals surface area contributed by atoms with Gasteiger partial charge in [0.2, 0.25) is 0 Å². The molecule has 1 aromatic carbocycles. The van der Waals surface area contributed by atoms with E-state index in [-0.39, 0.29) is 6.04 Å². The van der Waals surface area contributed by atoms with E-state index in [1.54, 1.807) is 0 Å². The number of aryl methyl sites for hydroxylation is 1. The molecule has 0 saturated carbocycles. The van der Waals surface area contributed by atoms with Gasteiger partial charge in [0, 0.05) is 10.9 Å². The Labute approximate surface area is 103 Å². The Morgan fingerprint density at radius 3 is 2.71 bits per heavy atom. The molecule has 2 nitrogen and oxygen atoms in total. The zero-order valence-corrected chi connectivity index (χ0v) is 10.9. The van der Waals surface area contributed by atoms with Crippen molar-refractivity contribution < 1.29 is 4.42 Å². The molecular formula is C15H21NO. The van der Waals surface area contributed by atoms with Crippen LogP contribution in [-0.2, 0) is 6.42 Å². The molecule has 17 heavy (non-hydrogen) atoms. The Morgan fingerprint density at radius 1 is 1.24 bits per heavy atom. The number of para-hydroxylation sites is 1. The number of hydrogen-bond acceptors (Lipinski definition) is 2. The van der Waals surface area contributed by atoms with Crippen LogP contribution in [0.4, 0.5) is 0 Å². The predicted octanol–water partition coefficient (Wildman–Crippen LogP) is 4.06. The Morgan fingerprint density at radius 2 is 2.00 bits per heavy atom. The quantitative estimate of drug-likeness (QED) is 0.839. The predicted molar refractivity (Wildman–Crippen MR) is 72.3 cm³/mol. The summed E-state index contributed by atoms with van der Waals surface area (Å²) in [5.41, 5.74) is 2.35. The molecular weight excluding hydrogens is 210 g/mol. The molecule has 0 aliphatic heterocycles. The van der Waals surface area contributed by atoms with Gasteiger partial charge in [-0.3, -0.25) is 0 Å². The van der Waals surface area contributed by atoms with Gasteiger partial charge in [-0.15, -0.1) is 0 Å². The van der Waals surface area contributed by atoms with Gasteiger partial charge in [-0.2, -0.15) is 0 Å². The highest BCUT2D eigenvalue weighted by molar-refractivity contribution is 5.82. The smallest absolute Gasteiger partial charge is 0.134 e. The van der Waals surface area contributed by atoms with E-state index in [0.29, 0.717) is 0 Å². The average Bonchev–Trinajstić information content (AvgIpc) is 2.74. The highest BCUT2D eigenvalue weighted by atomic mass is 16.3. The van der Waals surface area contributed by atoms with E-state index in [4.69, 9.17) is 4.42 Å². The van der Waals surface area contributed by atoms with Gasteiger partial charge in [-0.25, -0.2) is 0 Å². The van der Waals surface area contributed by atoms with Gasteiger partial charge in [-0.05, 0) is 32.4 Å². The Kier molecular flexibility index (Phi) is 3.85. The fraction of sp³-hybridized carbons (Fsp3) is 0.467. The highest BCUT2D eigenvalue weighted by Crippen LogP contribution is 2.30. The van der Waals surface area contributed by atoms with E-state index < -0.39 is 0 Å². The van der Waals surface area contributed by atoms with Crippen LogP contribution in [0.1, 0.15) is 44.6 Å². The van der Waals surface area contributed by atoms with E-state index >= 15 is 0 Å². The molecule has 0 radical (unpaired) electrons. The van der Waals surface area contributed by atoms with E-state index in [1.807, 2.05) is 12.1 Å². The van der Waals surface area contributed by atoms with Gasteiger partial charge in [0.15, 0.2) is 0 Å². The van der Waals surface area contributed by atoms with E-state index in [1.165, 1.54) is 10.9 Å². The summed E-state index contributed by atoms with van der Waals surface area (Å²) in [4.78, 5) is 0. The van der Waals surface area contributed by atoms with Crippen LogP contribution in [0.2, 0.25) is 0 Å². The summed E-state index contributed by atoms with van der Waals surface area (Å²) < 4.78 is 5.99. The van der Waals surface area contributed by atoms with E-state index in [2.05, 4.69) is 38.2 Å². The molecule has 1 heterocycles. The van der Waals surface area contributed by atoms with Gasteiger partial charge in [-0.1, -0.05) is 32.0 Å². The highest BCUT2D eigenvalue weighted by Gasteiger charge is 2.17. The van der Waals surface area contributed by atoms with E-state index in [0.717, 1.165) is 30.7 Å².